The van der Waals surface area contributed by atoms with Crippen LogP contribution in [0.4, 0.5) is 0 Å². The molecule has 0 radical (unpaired) electrons. The van der Waals surface area contributed by atoms with Crippen LogP contribution in [0, 0.1) is 11.8 Å². The van der Waals surface area contributed by atoms with Crippen molar-refractivity contribution in [2.24, 2.45) is 0 Å². The number of esters is 1. The zero-order valence-electron chi connectivity index (χ0n) is 20.1. The number of aliphatic hydroxyl groups is 1. The molecular formula is C27H26ClNO5S2. The largest absolute Gasteiger partial charge is 0.450 e. The number of hydrogen-bond donors (Lipinski definition) is 1. The van der Waals surface area contributed by atoms with Crippen molar-refractivity contribution in [1.82, 2.24) is 3.97 Å². The van der Waals surface area contributed by atoms with Crippen LogP contribution in [0.15, 0.2) is 76.7 Å². The van der Waals surface area contributed by atoms with Gasteiger partial charge in [0.25, 0.3) is 10.0 Å². The highest BCUT2D eigenvalue weighted by Gasteiger charge is 2.42. The standard InChI is InChI=1S/C27H26ClNO5S2/c1-26(2,3)34-24(30)14-17-27(31)16-13-23(35-20-11-9-19(28)10-12-20)25-22(27)15-18-29(25)36(32,33)21-7-5-4-6-8-21/h4-12,15,18,23,31H,13,16H2,1-3H3. The van der Waals surface area contributed by atoms with E-state index < -0.39 is 27.2 Å². The first-order valence-electron chi connectivity index (χ1n) is 11.3. The highest BCUT2D eigenvalue weighted by Crippen LogP contribution is 2.49. The fraction of sp³-hybridized carbons (Fsp3) is 0.296. The van der Waals surface area contributed by atoms with Crippen LogP contribution >= 0.6 is 23.4 Å². The fourth-order valence-corrected chi connectivity index (χ4v) is 6.83. The lowest BCUT2D eigenvalue weighted by molar-refractivity contribution is -0.147. The summed E-state index contributed by atoms with van der Waals surface area (Å²) in [5.74, 6) is 4.31. The minimum Gasteiger partial charge on any atom is -0.450 e. The molecule has 0 saturated carbocycles. The second-order valence-electron chi connectivity index (χ2n) is 9.44. The number of halogens is 1. The SMILES string of the molecule is CC(C)(C)OC(=O)C#CC1(O)CCC(Sc2ccc(Cl)cc2)c2c1ccn2S(=O)(=O)c1ccccc1. The molecule has 2 aromatic carbocycles. The Labute approximate surface area is 220 Å². The van der Waals surface area contributed by atoms with Gasteiger partial charge in [-0.05, 0) is 76.1 Å². The fourth-order valence-electron chi connectivity index (χ4n) is 4.00. The molecule has 1 aliphatic rings. The van der Waals surface area contributed by atoms with E-state index in [2.05, 4.69) is 11.8 Å². The molecule has 1 heterocycles. The lowest BCUT2D eigenvalue weighted by Crippen LogP contribution is -2.32. The van der Waals surface area contributed by atoms with Gasteiger partial charge in [-0.3, -0.25) is 0 Å². The van der Waals surface area contributed by atoms with E-state index in [0.717, 1.165) is 4.90 Å². The Morgan fingerprint density at radius 2 is 1.81 bits per heavy atom. The molecule has 1 N–H and O–H groups in total. The monoisotopic (exact) mass is 543 g/mol. The van der Waals surface area contributed by atoms with Crippen LogP contribution in [0.2, 0.25) is 5.02 Å². The van der Waals surface area contributed by atoms with Crippen molar-refractivity contribution >= 4 is 39.4 Å². The van der Waals surface area contributed by atoms with Gasteiger partial charge in [0, 0.05) is 27.6 Å². The van der Waals surface area contributed by atoms with Crippen LogP contribution in [0.25, 0.3) is 0 Å². The minimum absolute atomic E-state index is 0.132. The van der Waals surface area contributed by atoms with Gasteiger partial charge in [0.1, 0.15) is 5.60 Å². The number of carbonyl (C=O) groups is 1. The van der Waals surface area contributed by atoms with Gasteiger partial charge in [-0.2, -0.15) is 0 Å². The van der Waals surface area contributed by atoms with Crippen molar-refractivity contribution in [2.75, 3.05) is 0 Å². The Bertz CT molecular complexity index is 1430. The molecule has 0 aliphatic heterocycles. The predicted octanol–water partition coefficient (Wildman–Crippen LogP) is 5.54. The smallest absolute Gasteiger partial charge is 0.384 e. The molecule has 6 nitrogen and oxygen atoms in total. The summed E-state index contributed by atoms with van der Waals surface area (Å²) in [6.45, 7) is 5.19. The van der Waals surface area contributed by atoms with Crippen molar-refractivity contribution in [2.45, 2.75) is 59.9 Å². The van der Waals surface area contributed by atoms with Gasteiger partial charge in [-0.1, -0.05) is 35.7 Å². The molecule has 188 valence electrons. The van der Waals surface area contributed by atoms with E-state index >= 15 is 0 Å². The van der Waals surface area contributed by atoms with Crippen LogP contribution in [0.1, 0.15) is 50.1 Å². The third-order valence-corrected chi connectivity index (χ3v) is 8.82. The number of benzene rings is 2. The molecule has 9 heteroatoms. The number of thioether (sulfide) groups is 1. The van der Waals surface area contributed by atoms with Crippen LogP contribution in [-0.2, 0) is 25.2 Å². The van der Waals surface area contributed by atoms with E-state index in [1.165, 1.54) is 34.1 Å². The lowest BCUT2D eigenvalue weighted by Gasteiger charge is -2.33. The highest BCUT2D eigenvalue weighted by molar-refractivity contribution is 7.99. The van der Waals surface area contributed by atoms with Crippen molar-refractivity contribution in [3.8, 4) is 11.8 Å². The first-order valence-corrected chi connectivity index (χ1v) is 14.0. The van der Waals surface area contributed by atoms with E-state index in [-0.39, 0.29) is 16.6 Å². The maximum absolute atomic E-state index is 13.6. The van der Waals surface area contributed by atoms with Gasteiger partial charge in [-0.25, -0.2) is 17.2 Å². The van der Waals surface area contributed by atoms with E-state index in [1.807, 2.05) is 12.1 Å². The Morgan fingerprint density at radius 3 is 2.44 bits per heavy atom. The van der Waals surface area contributed by atoms with Crippen molar-refractivity contribution in [3.63, 3.8) is 0 Å². The normalized spacial score (nSPS) is 19.6. The Balaban J connectivity index is 1.80. The molecule has 0 bridgehead atoms. The zero-order valence-corrected chi connectivity index (χ0v) is 22.5. The maximum Gasteiger partial charge on any atom is 0.384 e. The van der Waals surface area contributed by atoms with Gasteiger partial charge in [-0.15, -0.1) is 11.8 Å². The average Bonchev–Trinajstić information content (AvgIpc) is 3.29. The first kappa shape index (κ1) is 26.4. The zero-order chi connectivity index (χ0) is 26.1. The summed E-state index contributed by atoms with van der Waals surface area (Å²) in [6, 6.07) is 17.0. The van der Waals surface area contributed by atoms with E-state index in [0.29, 0.717) is 22.7 Å². The molecule has 0 fully saturated rings. The van der Waals surface area contributed by atoms with Crippen molar-refractivity contribution in [1.29, 1.82) is 0 Å². The Morgan fingerprint density at radius 1 is 1.14 bits per heavy atom. The highest BCUT2D eigenvalue weighted by atomic mass is 35.5. The topological polar surface area (TPSA) is 85.6 Å². The lowest BCUT2D eigenvalue weighted by atomic mass is 9.83. The summed E-state index contributed by atoms with van der Waals surface area (Å²) < 4.78 is 33.6. The number of nitrogens with zero attached hydrogens (tertiary/aromatic N) is 1. The minimum atomic E-state index is -3.94. The van der Waals surface area contributed by atoms with Crippen molar-refractivity contribution in [3.05, 3.63) is 83.1 Å². The van der Waals surface area contributed by atoms with E-state index in [9.17, 15) is 18.3 Å². The molecular weight excluding hydrogens is 518 g/mol. The van der Waals surface area contributed by atoms with Gasteiger partial charge >= 0.3 is 5.97 Å². The summed E-state index contributed by atoms with van der Waals surface area (Å²) in [5.41, 5.74) is -1.65. The Kier molecular flexibility index (Phi) is 7.31. The molecule has 0 amide bonds. The molecule has 1 aromatic heterocycles. The Hall–Kier alpha value is -2.70. The quantitative estimate of drug-likeness (QED) is 0.264. The van der Waals surface area contributed by atoms with E-state index in [1.54, 1.807) is 57.2 Å². The summed E-state index contributed by atoms with van der Waals surface area (Å²) in [7, 11) is -3.94. The molecule has 36 heavy (non-hydrogen) atoms. The molecule has 1 aliphatic carbocycles. The van der Waals surface area contributed by atoms with Gasteiger partial charge in [0.05, 0.1) is 15.8 Å². The average molecular weight is 544 g/mol. The summed E-state index contributed by atoms with van der Waals surface area (Å²) in [4.78, 5) is 13.3. The maximum atomic E-state index is 13.6. The van der Waals surface area contributed by atoms with Gasteiger partial charge in [0.2, 0.25) is 0 Å². The number of hydrogen-bond acceptors (Lipinski definition) is 6. The van der Waals surface area contributed by atoms with Crippen molar-refractivity contribution < 1.29 is 23.1 Å². The van der Waals surface area contributed by atoms with Crippen LogP contribution in [-0.4, -0.2) is 29.1 Å². The van der Waals surface area contributed by atoms with Crippen LogP contribution in [0.5, 0.6) is 0 Å². The number of ether oxygens (including phenoxy) is 1. The number of aromatic nitrogens is 1. The molecule has 2 atom stereocenters. The third-order valence-electron chi connectivity index (χ3n) is 5.57. The van der Waals surface area contributed by atoms with E-state index in [4.69, 9.17) is 16.3 Å². The molecule has 0 spiro atoms. The summed E-state index contributed by atoms with van der Waals surface area (Å²) in [5, 5.41) is 11.8. The first-order chi connectivity index (χ1) is 16.9. The van der Waals surface area contributed by atoms with Crippen LogP contribution < -0.4 is 0 Å². The second kappa shape index (κ2) is 9.98. The summed E-state index contributed by atoms with van der Waals surface area (Å²) in [6.07, 6.45) is 2.08. The molecule has 0 saturated heterocycles. The number of fused-ring (bicyclic) bond motifs is 1. The predicted molar refractivity (Wildman–Crippen MR) is 140 cm³/mol. The molecule has 3 aromatic rings. The third kappa shape index (κ3) is 5.65. The number of rotatable bonds is 4. The second-order valence-corrected chi connectivity index (χ2v) is 13.0. The number of carbonyl (C=O) groups excluding carboxylic acids is 1. The summed E-state index contributed by atoms with van der Waals surface area (Å²) >= 11 is 7.51. The van der Waals surface area contributed by atoms with Gasteiger partial charge < -0.3 is 9.84 Å². The van der Waals surface area contributed by atoms with Gasteiger partial charge in [0.15, 0.2) is 5.60 Å². The molecule has 2 unspecified atom stereocenters. The van der Waals surface area contributed by atoms with Crippen LogP contribution in [0.3, 0.4) is 0 Å². The molecule has 4 rings (SSSR count).